The predicted molar refractivity (Wildman–Crippen MR) is 108 cm³/mol. The van der Waals surface area contributed by atoms with E-state index in [9.17, 15) is 8.42 Å². The van der Waals surface area contributed by atoms with Gasteiger partial charge in [0.05, 0.1) is 6.26 Å². The van der Waals surface area contributed by atoms with Crippen LogP contribution in [0.5, 0.6) is 0 Å². The number of hydrogen-bond acceptors (Lipinski definition) is 3. The Kier molecular flexibility index (Phi) is 7.73. The molecule has 0 spiro atoms. The van der Waals surface area contributed by atoms with Gasteiger partial charge in [0.25, 0.3) is 0 Å². The highest BCUT2D eigenvalue weighted by molar-refractivity contribution is 7.88. The lowest BCUT2D eigenvalue weighted by Crippen LogP contribution is -2.40. The van der Waals surface area contributed by atoms with Crippen molar-refractivity contribution in [1.82, 2.24) is 14.5 Å². The summed E-state index contributed by atoms with van der Waals surface area (Å²) in [5.74, 6) is 1.26. The van der Waals surface area contributed by atoms with E-state index in [1.807, 2.05) is 38.2 Å². The maximum absolute atomic E-state index is 11.6. The monoisotopic (exact) mass is 400 g/mol. The van der Waals surface area contributed by atoms with Gasteiger partial charge in [-0.25, -0.2) is 12.7 Å². The van der Waals surface area contributed by atoms with Crippen molar-refractivity contribution < 1.29 is 8.42 Å². The smallest absolute Gasteiger partial charge is 0.211 e. The number of nitrogens with one attached hydrogen (secondary N) is 1. The summed E-state index contributed by atoms with van der Waals surface area (Å²) in [6.45, 7) is 5.39. The third-order valence-electron chi connectivity index (χ3n) is 4.60. The molecule has 8 heteroatoms. The summed E-state index contributed by atoms with van der Waals surface area (Å²) in [6.07, 6.45) is 2.98. The number of piperidine rings is 1. The molecular weight excluding hydrogens is 372 g/mol. The molecule has 6 nitrogen and oxygen atoms in total. The summed E-state index contributed by atoms with van der Waals surface area (Å²) >= 11 is 6.26. The van der Waals surface area contributed by atoms with Crippen molar-refractivity contribution in [3.8, 4) is 0 Å². The lowest BCUT2D eigenvalue weighted by atomic mass is 9.98. The Morgan fingerprint density at radius 3 is 2.58 bits per heavy atom. The molecular formula is C18H29ClN4O2S. The second-order valence-electron chi connectivity index (χ2n) is 6.75. The van der Waals surface area contributed by atoms with Gasteiger partial charge >= 0.3 is 0 Å². The first-order chi connectivity index (χ1) is 12.3. The Labute approximate surface area is 162 Å². The summed E-state index contributed by atoms with van der Waals surface area (Å²) < 4.78 is 24.8. The van der Waals surface area contributed by atoms with Crippen LogP contribution >= 0.6 is 11.6 Å². The van der Waals surface area contributed by atoms with E-state index in [1.54, 1.807) is 4.31 Å². The van der Waals surface area contributed by atoms with E-state index >= 15 is 0 Å². The second kappa shape index (κ2) is 9.58. The molecule has 1 fully saturated rings. The third-order valence-corrected chi connectivity index (χ3v) is 6.28. The number of nitrogens with zero attached hydrogens (tertiary/aromatic N) is 3. The van der Waals surface area contributed by atoms with Crippen molar-refractivity contribution in [3.05, 3.63) is 34.9 Å². The molecule has 0 aromatic heterocycles. The number of halogens is 1. The molecule has 2 rings (SSSR count). The molecule has 0 unspecified atom stereocenters. The molecule has 0 amide bonds. The van der Waals surface area contributed by atoms with Gasteiger partial charge in [-0.15, -0.1) is 0 Å². The Morgan fingerprint density at radius 2 is 2.00 bits per heavy atom. The Morgan fingerprint density at radius 1 is 1.35 bits per heavy atom. The van der Waals surface area contributed by atoms with E-state index in [1.165, 1.54) is 6.26 Å². The average Bonchev–Trinajstić information content (AvgIpc) is 2.60. The average molecular weight is 401 g/mol. The van der Waals surface area contributed by atoms with Crippen LogP contribution in [0.1, 0.15) is 25.3 Å². The van der Waals surface area contributed by atoms with Gasteiger partial charge in [-0.3, -0.25) is 4.99 Å². The van der Waals surface area contributed by atoms with Gasteiger partial charge in [-0.1, -0.05) is 29.8 Å². The molecule has 0 aliphatic carbocycles. The Bertz CT molecular complexity index is 716. The van der Waals surface area contributed by atoms with Gasteiger partial charge in [0, 0.05) is 44.8 Å². The summed E-state index contributed by atoms with van der Waals surface area (Å²) in [4.78, 5) is 6.84. The van der Waals surface area contributed by atoms with Crippen LogP contribution in [-0.4, -0.2) is 63.1 Å². The highest BCUT2D eigenvalue weighted by atomic mass is 35.5. The number of rotatable bonds is 6. The van der Waals surface area contributed by atoms with Crippen molar-refractivity contribution in [1.29, 1.82) is 0 Å². The van der Waals surface area contributed by atoms with Gasteiger partial charge < -0.3 is 10.2 Å². The minimum absolute atomic E-state index is 0.412. The van der Waals surface area contributed by atoms with Gasteiger partial charge in [0.2, 0.25) is 10.0 Å². The summed E-state index contributed by atoms with van der Waals surface area (Å²) in [7, 11) is -1.08. The fourth-order valence-electron chi connectivity index (χ4n) is 3.07. The van der Waals surface area contributed by atoms with Crippen LogP contribution < -0.4 is 5.32 Å². The van der Waals surface area contributed by atoms with Crippen LogP contribution in [0.2, 0.25) is 5.02 Å². The Balaban J connectivity index is 1.95. The van der Waals surface area contributed by atoms with E-state index in [0.717, 1.165) is 35.9 Å². The minimum atomic E-state index is -3.08. The van der Waals surface area contributed by atoms with E-state index in [4.69, 9.17) is 16.6 Å². The summed E-state index contributed by atoms with van der Waals surface area (Å²) in [6, 6.07) is 7.82. The van der Waals surface area contributed by atoms with E-state index < -0.39 is 10.0 Å². The fraction of sp³-hybridized carbons (Fsp3) is 0.611. The largest absolute Gasteiger partial charge is 0.357 e. The molecule has 1 aliphatic heterocycles. The van der Waals surface area contributed by atoms with Crippen molar-refractivity contribution in [2.75, 3.05) is 39.5 Å². The third kappa shape index (κ3) is 6.14. The highest BCUT2D eigenvalue weighted by Crippen LogP contribution is 2.20. The van der Waals surface area contributed by atoms with Crippen molar-refractivity contribution in [3.63, 3.8) is 0 Å². The zero-order valence-corrected chi connectivity index (χ0v) is 17.4. The topological polar surface area (TPSA) is 65.0 Å². The molecule has 146 valence electrons. The van der Waals surface area contributed by atoms with E-state index in [0.29, 0.717) is 32.1 Å². The maximum atomic E-state index is 11.6. The first-order valence-corrected chi connectivity index (χ1v) is 11.2. The SMILES string of the molecule is CCNC(=NCC1CCN(S(C)(=O)=O)CC1)N(C)Cc1ccccc1Cl. The standard InChI is InChI=1S/C18H29ClN4O2S/c1-4-20-18(22(2)14-16-7-5-6-8-17(16)19)21-13-15-9-11-23(12-10-15)26(3,24)25/h5-8,15H,4,9-14H2,1-3H3,(H,20,21). The number of benzene rings is 1. The molecule has 0 atom stereocenters. The molecule has 1 heterocycles. The van der Waals surface area contributed by atoms with Crippen molar-refractivity contribution in [2.45, 2.75) is 26.3 Å². The molecule has 0 bridgehead atoms. The quantitative estimate of drug-likeness (QED) is 0.588. The molecule has 0 radical (unpaired) electrons. The normalized spacial score (nSPS) is 17.3. The molecule has 1 N–H and O–H groups in total. The van der Waals surface area contributed by atoms with Crippen LogP contribution in [-0.2, 0) is 16.6 Å². The summed E-state index contributed by atoms with van der Waals surface area (Å²) in [5.41, 5.74) is 1.06. The maximum Gasteiger partial charge on any atom is 0.211 e. The van der Waals surface area contributed by atoms with Crippen molar-refractivity contribution in [2.24, 2.45) is 10.9 Å². The van der Waals surface area contributed by atoms with E-state index in [2.05, 4.69) is 10.2 Å². The molecule has 1 saturated heterocycles. The number of aliphatic imine (C=N–C) groups is 1. The van der Waals surface area contributed by atoms with Gasteiger partial charge in [-0.05, 0) is 37.3 Å². The molecule has 1 aliphatic rings. The molecule has 1 aromatic rings. The Hall–Kier alpha value is -1.31. The van der Waals surface area contributed by atoms with Crippen LogP contribution in [0, 0.1) is 5.92 Å². The van der Waals surface area contributed by atoms with Crippen LogP contribution in [0.25, 0.3) is 0 Å². The van der Waals surface area contributed by atoms with Crippen molar-refractivity contribution >= 4 is 27.6 Å². The van der Waals surface area contributed by atoms with E-state index in [-0.39, 0.29) is 0 Å². The lowest BCUT2D eigenvalue weighted by Gasteiger charge is -2.30. The van der Waals surface area contributed by atoms with Crippen LogP contribution in [0.4, 0.5) is 0 Å². The van der Waals surface area contributed by atoms with Crippen LogP contribution in [0.15, 0.2) is 29.3 Å². The van der Waals surface area contributed by atoms with Crippen LogP contribution in [0.3, 0.4) is 0 Å². The van der Waals surface area contributed by atoms with Gasteiger partial charge in [0.15, 0.2) is 5.96 Å². The zero-order chi connectivity index (χ0) is 19.2. The lowest BCUT2D eigenvalue weighted by molar-refractivity contribution is 0.279. The van der Waals surface area contributed by atoms with Gasteiger partial charge in [0.1, 0.15) is 0 Å². The predicted octanol–water partition coefficient (Wildman–Crippen LogP) is 2.41. The number of hydrogen-bond donors (Lipinski definition) is 1. The highest BCUT2D eigenvalue weighted by Gasteiger charge is 2.24. The molecule has 0 saturated carbocycles. The first-order valence-electron chi connectivity index (χ1n) is 8.99. The number of sulfonamides is 1. The zero-order valence-electron chi connectivity index (χ0n) is 15.8. The fourth-order valence-corrected chi connectivity index (χ4v) is 4.14. The molecule has 1 aromatic carbocycles. The molecule has 26 heavy (non-hydrogen) atoms. The minimum Gasteiger partial charge on any atom is -0.357 e. The number of guanidine groups is 1. The van der Waals surface area contributed by atoms with Gasteiger partial charge in [-0.2, -0.15) is 0 Å². The summed E-state index contributed by atoms with van der Waals surface area (Å²) in [5, 5.41) is 4.07. The first kappa shape index (κ1) is 21.0. The second-order valence-corrected chi connectivity index (χ2v) is 9.14.